The fourth-order valence-corrected chi connectivity index (χ4v) is 2.07. The lowest BCUT2D eigenvalue weighted by molar-refractivity contribution is -0.109. The van der Waals surface area contributed by atoms with Gasteiger partial charge in [-0.25, -0.2) is 0 Å². The standard InChI is InChI=1S/C13H16N2O/c1-9-4-3-5-12-13(9)10(7-15-12)6-11(8-16)14-2/h3-5,7-8,11,14-15H,6H2,1-2H3. The number of hydrogen-bond acceptors (Lipinski definition) is 2. The van der Waals surface area contributed by atoms with E-state index >= 15 is 0 Å². The Hall–Kier alpha value is -1.61. The van der Waals surface area contributed by atoms with Gasteiger partial charge >= 0.3 is 0 Å². The average Bonchev–Trinajstić information content (AvgIpc) is 2.70. The van der Waals surface area contributed by atoms with E-state index in [9.17, 15) is 4.79 Å². The smallest absolute Gasteiger partial charge is 0.137 e. The lowest BCUT2D eigenvalue weighted by Crippen LogP contribution is -2.28. The summed E-state index contributed by atoms with van der Waals surface area (Å²) in [5.41, 5.74) is 3.57. The van der Waals surface area contributed by atoms with E-state index < -0.39 is 0 Å². The third-order valence-corrected chi connectivity index (χ3v) is 2.97. The van der Waals surface area contributed by atoms with Gasteiger partial charge in [0, 0.05) is 17.1 Å². The Balaban J connectivity index is 2.41. The molecule has 16 heavy (non-hydrogen) atoms. The van der Waals surface area contributed by atoms with Crippen molar-refractivity contribution in [3.8, 4) is 0 Å². The maximum atomic E-state index is 10.8. The minimum Gasteiger partial charge on any atom is -0.361 e. The molecule has 2 N–H and O–H groups in total. The zero-order valence-corrected chi connectivity index (χ0v) is 9.58. The van der Waals surface area contributed by atoms with Crippen molar-refractivity contribution in [2.45, 2.75) is 19.4 Å². The molecule has 0 aliphatic rings. The summed E-state index contributed by atoms with van der Waals surface area (Å²) < 4.78 is 0. The second kappa shape index (κ2) is 4.49. The Morgan fingerprint density at radius 2 is 2.31 bits per heavy atom. The molecule has 1 aromatic carbocycles. The summed E-state index contributed by atoms with van der Waals surface area (Å²) in [6, 6.07) is 6.07. The van der Waals surface area contributed by atoms with E-state index in [-0.39, 0.29) is 6.04 Å². The lowest BCUT2D eigenvalue weighted by atomic mass is 10.0. The van der Waals surface area contributed by atoms with Crippen LogP contribution < -0.4 is 5.32 Å². The summed E-state index contributed by atoms with van der Waals surface area (Å²) in [6.07, 6.45) is 3.67. The van der Waals surface area contributed by atoms with E-state index in [1.807, 2.05) is 12.3 Å². The molecular formula is C13H16N2O. The van der Waals surface area contributed by atoms with Crippen LogP contribution in [0.2, 0.25) is 0 Å². The molecule has 1 atom stereocenters. The molecule has 0 fully saturated rings. The third kappa shape index (κ3) is 1.86. The summed E-state index contributed by atoms with van der Waals surface area (Å²) >= 11 is 0. The number of aldehydes is 1. The van der Waals surface area contributed by atoms with Crippen molar-refractivity contribution in [2.75, 3.05) is 7.05 Å². The van der Waals surface area contributed by atoms with Crippen LogP contribution in [0, 0.1) is 6.92 Å². The van der Waals surface area contributed by atoms with Crippen LogP contribution in [0.5, 0.6) is 0 Å². The van der Waals surface area contributed by atoms with Crippen molar-refractivity contribution in [1.29, 1.82) is 0 Å². The van der Waals surface area contributed by atoms with Crippen molar-refractivity contribution < 1.29 is 4.79 Å². The summed E-state index contributed by atoms with van der Waals surface area (Å²) in [5.74, 6) is 0. The number of carbonyl (C=O) groups excluding carboxylic acids is 1. The molecular weight excluding hydrogens is 200 g/mol. The number of benzene rings is 1. The predicted molar refractivity (Wildman–Crippen MR) is 65.7 cm³/mol. The maximum absolute atomic E-state index is 10.8. The maximum Gasteiger partial charge on any atom is 0.137 e. The number of carbonyl (C=O) groups is 1. The van der Waals surface area contributed by atoms with Crippen molar-refractivity contribution in [3.05, 3.63) is 35.5 Å². The number of hydrogen-bond donors (Lipinski definition) is 2. The van der Waals surface area contributed by atoms with E-state index in [1.165, 1.54) is 16.5 Å². The topological polar surface area (TPSA) is 44.9 Å². The highest BCUT2D eigenvalue weighted by atomic mass is 16.1. The Bertz CT molecular complexity index is 502. The van der Waals surface area contributed by atoms with Gasteiger partial charge in [-0.05, 0) is 37.6 Å². The van der Waals surface area contributed by atoms with Gasteiger partial charge in [0.15, 0.2) is 0 Å². The molecule has 1 heterocycles. The number of aromatic amines is 1. The number of H-pyrrole nitrogens is 1. The van der Waals surface area contributed by atoms with E-state index in [1.54, 1.807) is 7.05 Å². The number of aryl methyl sites for hydroxylation is 1. The molecule has 2 rings (SSSR count). The van der Waals surface area contributed by atoms with Gasteiger partial charge in [0.1, 0.15) is 6.29 Å². The van der Waals surface area contributed by atoms with Crippen molar-refractivity contribution in [3.63, 3.8) is 0 Å². The van der Waals surface area contributed by atoms with Crippen LogP contribution >= 0.6 is 0 Å². The minimum absolute atomic E-state index is 0.112. The molecule has 84 valence electrons. The molecule has 1 aromatic heterocycles. The molecule has 0 saturated heterocycles. The summed E-state index contributed by atoms with van der Waals surface area (Å²) in [4.78, 5) is 14.0. The SMILES string of the molecule is CNC(C=O)Cc1c[nH]c2cccc(C)c12. The van der Waals surface area contributed by atoms with Crippen LogP contribution in [0.1, 0.15) is 11.1 Å². The zero-order valence-electron chi connectivity index (χ0n) is 9.58. The highest BCUT2D eigenvalue weighted by Crippen LogP contribution is 2.22. The first-order valence-electron chi connectivity index (χ1n) is 5.44. The van der Waals surface area contributed by atoms with Gasteiger partial charge in [0.25, 0.3) is 0 Å². The number of likely N-dealkylation sites (N-methyl/N-ethyl adjacent to an activating group) is 1. The van der Waals surface area contributed by atoms with Gasteiger partial charge in [-0.1, -0.05) is 12.1 Å². The molecule has 1 unspecified atom stereocenters. The first kappa shape index (κ1) is 10.9. The minimum atomic E-state index is -0.112. The first-order valence-corrected chi connectivity index (χ1v) is 5.44. The van der Waals surface area contributed by atoms with Gasteiger partial charge < -0.3 is 15.1 Å². The van der Waals surface area contributed by atoms with Crippen LogP contribution in [0.15, 0.2) is 24.4 Å². The van der Waals surface area contributed by atoms with Gasteiger partial charge in [0.2, 0.25) is 0 Å². The fourth-order valence-electron chi connectivity index (χ4n) is 2.07. The predicted octanol–water partition coefficient (Wildman–Crippen LogP) is 1.81. The number of aromatic nitrogens is 1. The third-order valence-electron chi connectivity index (χ3n) is 2.97. The second-order valence-corrected chi connectivity index (χ2v) is 4.05. The molecule has 0 amide bonds. The van der Waals surface area contributed by atoms with Crippen LogP contribution in [0.25, 0.3) is 10.9 Å². The largest absolute Gasteiger partial charge is 0.361 e. The van der Waals surface area contributed by atoms with Crippen molar-refractivity contribution in [1.82, 2.24) is 10.3 Å². The molecule has 0 aliphatic carbocycles. The van der Waals surface area contributed by atoms with Gasteiger partial charge in [-0.3, -0.25) is 0 Å². The fraction of sp³-hybridized carbons (Fsp3) is 0.308. The molecule has 0 aliphatic heterocycles. The molecule has 3 heteroatoms. The average molecular weight is 216 g/mol. The number of nitrogens with one attached hydrogen (secondary N) is 2. The van der Waals surface area contributed by atoms with Crippen LogP contribution in [-0.2, 0) is 11.2 Å². The van der Waals surface area contributed by atoms with Crippen molar-refractivity contribution in [2.24, 2.45) is 0 Å². The molecule has 0 saturated carbocycles. The molecule has 0 bridgehead atoms. The summed E-state index contributed by atoms with van der Waals surface area (Å²) in [5, 5.41) is 4.23. The monoisotopic (exact) mass is 216 g/mol. The summed E-state index contributed by atoms with van der Waals surface area (Å²) in [7, 11) is 1.81. The van der Waals surface area contributed by atoms with E-state index in [4.69, 9.17) is 0 Å². The van der Waals surface area contributed by atoms with Gasteiger partial charge in [-0.15, -0.1) is 0 Å². The van der Waals surface area contributed by atoms with Crippen LogP contribution in [0.3, 0.4) is 0 Å². The lowest BCUT2D eigenvalue weighted by Gasteiger charge is -2.08. The van der Waals surface area contributed by atoms with Crippen LogP contribution in [0.4, 0.5) is 0 Å². The number of rotatable bonds is 4. The quantitative estimate of drug-likeness (QED) is 0.765. The number of fused-ring (bicyclic) bond motifs is 1. The highest BCUT2D eigenvalue weighted by molar-refractivity contribution is 5.86. The Labute approximate surface area is 94.9 Å². The second-order valence-electron chi connectivity index (χ2n) is 4.05. The van der Waals surface area contributed by atoms with Crippen molar-refractivity contribution >= 4 is 17.2 Å². The van der Waals surface area contributed by atoms with E-state index in [0.717, 1.165) is 18.2 Å². The first-order chi connectivity index (χ1) is 7.76. The van der Waals surface area contributed by atoms with E-state index in [0.29, 0.717) is 0 Å². The van der Waals surface area contributed by atoms with Crippen LogP contribution in [-0.4, -0.2) is 24.4 Å². The Morgan fingerprint density at radius 3 is 3.00 bits per heavy atom. The molecule has 0 spiro atoms. The summed E-state index contributed by atoms with van der Waals surface area (Å²) in [6.45, 7) is 2.09. The van der Waals surface area contributed by atoms with E-state index in [2.05, 4.69) is 29.4 Å². The molecule has 2 aromatic rings. The highest BCUT2D eigenvalue weighted by Gasteiger charge is 2.10. The molecule has 3 nitrogen and oxygen atoms in total. The normalized spacial score (nSPS) is 12.9. The Morgan fingerprint density at radius 1 is 1.50 bits per heavy atom. The van der Waals surface area contributed by atoms with Gasteiger partial charge in [0.05, 0.1) is 6.04 Å². The molecule has 0 radical (unpaired) electrons. The van der Waals surface area contributed by atoms with Gasteiger partial charge in [-0.2, -0.15) is 0 Å². The zero-order chi connectivity index (χ0) is 11.5. The Kier molecular flexibility index (Phi) is 3.06.